The van der Waals surface area contributed by atoms with Crippen molar-refractivity contribution in [1.82, 2.24) is 15.2 Å². The Morgan fingerprint density at radius 3 is 3.10 bits per heavy atom. The minimum Gasteiger partial charge on any atom is -0.361 e. The highest BCUT2D eigenvalue weighted by atomic mass is 16.2. The first-order valence-corrected chi connectivity index (χ1v) is 7.22. The molecule has 1 aromatic carbocycles. The number of amides is 1. The summed E-state index contributed by atoms with van der Waals surface area (Å²) in [5.41, 5.74) is 3.46. The highest BCUT2D eigenvalue weighted by Crippen LogP contribution is 2.22. The molecule has 20 heavy (non-hydrogen) atoms. The van der Waals surface area contributed by atoms with Crippen LogP contribution < -0.4 is 5.32 Å². The van der Waals surface area contributed by atoms with Gasteiger partial charge < -0.3 is 15.2 Å². The summed E-state index contributed by atoms with van der Waals surface area (Å²) in [5.74, 6) is 0.223. The van der Waals surface area contributed by atoms with Crippen LogP contribution in [0.25, 0.3) is 10.9 Å². The highest BCUT2D eigenvalue weighted by Gasteiger charge is 2.21. The Hall–Kier alpha value is -1.81. The predicted octanol–water partition coefficient (Wildman–Crippen LogP) is 1.84. The van der Waals surface area contributed by atoms with Crippen LogP contribution in [0.3, 0.4) is 0 Å². The molecule has 2 N–H and O–H groups in total. The Bertz CT molecular complexity index is 632. The molecule has 0 bridgehead atoms. The van der Waals surface area contributed by atoms with Crippen LogP contribution in [0.2, 0.25) is 0 Å². The molecule has 0 saturated carbocycles. The van der Waals surface area contributed by atoms with E-state index in [2.05, 4.69) is 36.3 Å². The van der Waals surface area contributed by atoms with Crippen molar-refractivity contribution in [2.24, 2.45) is 0 Å². The van der Waals surface area contributed by atoms with Crippen LogP contribution in [-0.4, -0.2) is 41.5 Å². The maximum atomic E-state index is 12.4. The Morgan fingerprint density at radius 1 is 1.45 bits per heavy atom. The van der Waals surface area contributed by atoms with Gasteiger partial charge in [0.1, 0.15) is 0 Å². The zero-order valence-electron chi connectivity index (χ0n) is 12.1. The van der Waals surface area contributed by atoms with Crippen LogP contribution in [-0.2, 0) is 11.2 Å². The van der Waals surface area contributed by atoms with E-state index in [4.69, 9.17) is 0 Å². The van der Waals surface area contributed by atoms with E-state index < -0.39 is 0 Å². The highest BCUT2D eigenvalue weighted by molar-refractivity contribution is 5.90. The van der Waals surface area contributed by atoms with Gasteiger partial charge in [-0.1, -0.05) is 18.2 Å². The van der Waals surface area contributed by atoms with Gasteiger partial charge in [0.25, 0.3) is 0 Å². The maximum absolute atomic E-state index is 12.4. The normalized spacial score (nSPS) is 19.5. The van der Waals surface area contributed by atoms with Crippen LogP contribution in [0.5, 0.6) is 0 Å². The summed E-state index contributed by atoms with van der Waals surface area (Å²) in [6, 6.07) is 6.61. The maximum Gasteiger partial charge on any atom is 0.227 e. The van der Waals surface area contributed by atoms with E-state index in [-0.39, 0.29) is 5.91 Å². The molecule has 1 aliphatic heterocycles. The van der Waals surface area contributed by atoms with E-state index >= 15 is 0 Å². The van der Waals surface area contributed by atoms with Crippen molar-refractivity contribution >= 4 is 16.8 Å². The second kappa shape index (κ2) is 5.29. The standard InChI is InChI=1S/C16H21N3O/c1-11-4-3-5-14-13(9-18-16(11)14)8-15(20)19-7-6-17-12(2)10-19/h3-5,9,12,17-18H,6-8,10H2,1-2H3/t12-/m1/s1. The number of nitrogens with zero attached hydrogens (tertiary/aromatic N) is 1. The summed E-state index contributed by atoms with van der Waals surface area (Å²) >= 11 is 0. The van der Waals surface area contributed by atoms with Gasteiger partial charge >= 0.3 is 0 Å². The van der Waals surface area contributed by atoms with E-state index in [0.29, 0.717) is 12.5 Å². The number of piperazine rings is 1. The van der Waals surface area contributed by atoms with E-state index in [1.54, 1.807) is 0 Å². The quantitative estimate of drug-likeness (QED) is 0.875. The fourth-order valence-electron chi connectivity index (χ4n) is 2.94. The second-order valence-corrected chi connectivity index (χ2v) is 5.68. The number of rotatable bonds is 2. The van der Waals surface area contributed by atoms with E-state index in [1.807, 2.05) is 17.2 Å². The number of carbonyl (C=O) groups is 1. The zero-order valence-corrected chi connectivity index (χ0v) is 12.1. The lowest BCUT2D eigenvalue weighted by Gasteiger charge is -2.32. The van der Waals surface area contributed by atoms with Gasteiger partial charge in [-0.3, -0.25) is 4.79 Å². The Balaban J connectivity index is 1.79. The summed E-state index contributed by atoms with van der Waals surface area (Å²) < 4.78 is 0. The molecule has 0 radical (unpaired) electrons. The minimum absolute atomic E-state index is 0.223. The molecule has 0 spiro atoms. The third kappa shape index (κ3) is 2.43. The van der Waals surface area contributed by atoms with Crippen molar-refractivity contribution < 1.29 is 4.79 Å². The Morgan fingerprint density at radius 2 is 2.30 bits per heavy atom. The van der Waals surface area contributed by atoms with Crippen molar-refractivity contribution in [3.8, 4) is 0 Å². The van der Waals surface area contributed by atoms with Crippen molar-refractivity contribution in [2.75, 3.05) is 19.6 Å². The smallest absolute Gasteiger partial charge is 0.227 e. The first kappa shape index (κ1) is 13.2. The number of H-pyrrole nitrogens is 1. The number of para-hydroxylation sites is 1. The molecule has 3 rings (SSSR count). The molecule has 0 unspecified atom stereocenters. The van der Waals surface area contributed by atoms with Crippen molar-refractivity contribution in [3.05, 3.63) is 35.5 Å². The summed E-state index contributed by atoms with van der Waals surface area (Å²) in [7, 11) is 0. The molecular formula is C16H21N3O. The number of aromatic nitrogens is 1. The number of carbonyl (C=O) groups excluding carboxylic acids is 1. The lowest BCUT2D eigenvalue weighted by Crippen LogP contribution is -2.51. The molecule has 0 aliphatic carbocycles. The Labute approximate surface area is 119 Å². The lowest BCUT2D eigenvalue weighted by atomic mass is 10.1. The number of aryl methyl sites for hydroxylation is 1. The number of hydrogen-bond donors (Lipinski definition) is 2. The molecule has 1 saturated heterocycles. The average molecular weight is 271 g/mol. The van der Waals surface area contributed by atoms with Gasteiger partial charge in [0.05, 0.1) is 6.42 Å². The summed E-state index contributed by atoms with van der Waals surface area (Å²) in [4.78, 5) is 17.7. The monoisotopic (exact) mass is 271 g/mol. The summed E-state index contributed by atoms with van der Waals surface area (Å²) in [6.07, 6.45) is 2.46. The molecule has 1 aliphatic rings. The number of nitrogens with one attached hydrogen (secondary N) is 2. The van der Waals surface area contributed by atoms with Crippen LogP contribution in [0, 0.1) is 6.92 Å². The summed E-state index contributed by atoms with van der Waals surface area (Å²) in [6.45, 7) is 6.71. The topological polar surface area (TPSA) is 48.1 Å². The van der Waals surface area contributed by atoms with Gasteiger partial charge in [-0.15, -0.1) is 0 Å². The lowest BCUT2D eigenvalue weighted by molar-refractivity contribution is -0.131. The molecule has 1 amide bonds. The van der Waals surface area contributed by atoms with Gasteiger partial charge in [-0.2, -0.15) is 0 Å². The van der Waals surface area contributed by atoms with Gasteiger partial charge in [-0.25, -0.2) is 0 Å². The number of aromatic amines is 1. The summed E-state index contributed by atoms with van der Waals surface area (Å²) in [5, 5.41) is 4.53. The third-order valence-corrected chi connectivity index (χ3v) is 4.07. The minimum atomic E-state index is 0.223. The first-order chi connectivity index (χ1) is 9.65. The zero-order chi connectivity index (χ0) is 14.1. The van der Waals surface area contributed by atoms with Crippen LogP contribution in [0.4, 0.5) is 0 Å². The molecule has 2 aromatic rings. The van der Waals surface area contributed by atoms with Crippen molar-refractivity contribution in [1.29, 1.82) is 0 Å². The van der Waals surface area contributed by atoms with Gasteiger partial charge in [-0.05, 0) is 25.0 Å². The van der Waals surface area contributed by atoms with Crippen LogP contribution >= 0.6 is 0 Å². The molecular weight excluding hydrogens is 250 g/mol. The SMILES string of the molecule is Cc1cccc2c(CC(=O)N3CCN[C@H](C)C3)c[nH]c12. The molecule has 1 aromatic heterocycles. The molecule has 1 fully saturated rings. The molecule has 4 heteroatoms. The van der Waals surface area contributed by atoms with Crippen molar-refractivity contribution in [2.45, 2.75) is 26.3 Å². The third-order valence-electron chi connectivity index (χ3n) is 4.07. The van der Waals surface area contributed by atoms with E-state index in [9.17, 15) is 4.79 Å². The van der Waals surface area contributed by atoms with Gasteiger partial charge in [0.2, 0.25) is 5.91 Å². The Kier molecular flexibility index (Phi) is 3.49. The fourth-order valence-corrected chi connectivity index (χ4v) is 2.94. The van der Waals surface area contributed by atoms with Crippen LogP contribution in [0.1, 0.15) is 18.1 Å². The average Bonchev–Trinajstić information content (AvgIpc) is 2.83. The number of fused-ring (bicyclic) bond motifs is 1. The molecule has 106 valence electrons. The van der Waals surface area contributed by atoms with Gasteiger partial charge in [0.15, 0.2) is 0 Å². The van der Waals surface area contributed by atoms with Crippen molar-refractivity contribution in [3.63, 3.8) is 0 Å². The first-order valence-electron chi connectivity index (χ1n) is 7.22. The molecule has 4 nitrogen and oxygen atoms in total. The van der Waals surface area contributed by atoms with E-state index in [1.165, 1.54) is 10.9 Å². The molecule has 2 heterocycles. The number of benzene rings is 1. The van der Waals surface area contributed by atoms with Gasteiger partial charge in [0, 0.05) is 42.8 Å². The largest absolute Gasteiger partial charge is 0.361 e. The number of hydrogen-bond acceptors (Lipinski definition) is 2. The predicted molar refractivity (Wildman–Crippen MR) is 80.8 cm³/mol. The molecule has 1 atom stereocenters. The second-order valence-electron chi connectivity index (χ2n) is 5.68. The fraction of sp³-hybridized carbons (Fsp3) is 0.438. The van der Waals surface area contributed by atoms with E-state index in [0.717, 1.165) is 30.7 Å². The van der Waals surface area contributed by atoms with Crippen LogP contribution in [0.15, 0.2) is 24.4 Å².